The molecule has 1 aromatic carbocycles. The molecular formula is C13H13FN2O. The van der Waals surface area contributed by atoms with Gasteiger partial charge in [0.2, 0.25) is 0 Å². The molecule has 0 spiro atoms. The van der Waals surface area contributed by atoms with Gasteiger partial charge in [0.1, 0.15) is 18.2 Å². The lowest BCUT2D eigenvalue weighted by atomic mass is 10.2. The highest BCUT2D eigenvalue weighted by Gasteiger charge is 2.01. The maximum absolute atomic E-state index is 13.0. The van der Waals surface area contributed by atoms with Crippen LogP contribution in [0.3, 0.4) is 0 Å². The lowest BCUT2D eigenvalue weighted by molar-refractivity contribution is 0.300. The lowest BCUT2D eigenvalue weighted by Gasteiger charge is -2.07. The maximum atomic E-state index is 13.0. The van der Waals surface area contributed by atoms with Crippen LogP contribution in [0.15, 0.2) is 36.5 Å². The van der Waals surface area contributed by atoms with Gasteiger partial charge in [0.25, 0.3) is 0 Å². The molecule has 17 heavy (non-hydrogen) atoms. The van der Waals surface area contributed by atoms with Crippen molar-refractivity contribution in [3.05, 3.63) is 53.6 Å². The van der Waals surface area contributed by atoms with E-state index in [-0.39, 0.29) is 5.82 Å². The molecular weight excluding hydrogens is 219 g/mol. The summed E-state index contributed by atoms with van der Waals surface area (Å²) < 4.78 is 18.5. The van der Waals surface area contributed by atoms with Gasteiger partial charge in [0.05, 0.1) is 5.69 Å². The van der Waals surface area contributed by atoms with Crippen LogP contribution in [-0.4, -0.2) is 4.98 Å². The van der Waals surface area contributed by atoms with E-state index in [4.69, 9.17) is 10.5 Å². The van der Waals surface area contributed by atoms with Crippen molar-refractivity contribution < 1.29 is 9.13 Å². The molecule has 0 amide bonds. The maximum Gasteiger partial charge on any atom is 0.130 e. The van der Waals surface area contributed by atoms with Gasteiger partial charge in [-0.25, -0.2) is 4.39 Å². The molecule has 0 aliphatic rings. The Morgan fingerprint density at radius 2 is 2.12 bits per heavy atom. The number of hydrogen-bond acceptors (Lipinski definition) is 3. The van der Waals surface area contributed by atoms with Crippen molar-refractivity contribution in [2.24, 2.45) is 0 Å². The van der Waals surface area contributed by atoms with E-state index in [0.717, 1.165) is 5.69 Å². The second-order valence-electron chi connectivity index (χ2n) is 3.78. The highest BCUT2D eigenvalue weighted by Crippen LogP contribution is 2.17. The molecule has 88 valence electrons. The molecule has 4 heteroatoms. The number of aryl methyl sites for hydroxylation is 1. The summed E-state index contributed by atoms with van der Waals surface area (Å²) in [6.45, 7) is 2.01. The van der Waals surface area contributed by atoms with Crippen LogP contribution in [0.1, 0.15) is 11.3 Å². The Morgan fingerprint density at radius 3 is 2.82 bits per heavy atom. The summed E-state index contributed by atoms with van der Waals surface area (Å²) in [7, 11) is 0. The van der Waals surface area contributed by atoms with E-state index >= 15 is 0 Å². The molecule has 2 N–H and O–H groups in total. The molecule has 2 rings (SSSR count). The topological polar surface area (TPSA) is 48.1 Å². The molecule has 0 saturated carbocycles. The van der Waals surface area contributed by atoms with Crippen LogP contribution in [0.2, 0.25) is 0 Å². The predicted octanol–water partition coefficient (Wildman–Crippen LogP) is 2.69. The number of nitrogens with zero attached hydrogens (tertiary/aromatic N) is 1. The number of hydrogen-bond donors (Lipinski definition) is 1. The number of rotatable bonds is 3. The molecule has 0 atom stereocenters. The summed E-state index contributed by atoms with van der Waals surface area (Å²) in [5, 5.41) is 0. The van der Waals surface area contributed by atoms with Crippen LogP contribution in [0.5, 0.6) is 5.75 Å². The SMILES string of the molecule is Cc1cc(OCc2cc(N)ccn2)ccc1F. The molecule has 0 aliphatic carbocycles. The number of benzene rings is 1. The van der Waals surface area contributed by atoms with Crippen LogP contribution >= 0.6 is 0 Å². The van der Waals surface area contributed by atoms with Crippen molar-refractivity contribution in [2.45, 2.75) is 13.5 Å². The van der Waals surface area contributed by atoms with E-state index in [2.05, 4.69) is 4.98 Å². The third kappa shape index (κ3) is 2.93. The number of anilines is 1. The van der Waals surface area contributed by atoms with Crippen LogP contribution in [0, 0.1) is 12.7 Å². The Kier molecular flexibility index (Phi) is 3.23. The van der Waals surface area contributed by atoms with E-state index in [1.807, 2.05) is 0 Å². The van der Waals surface area contributed by atoms with E-state index < -0.39 is 0 Å². The molecule has 0 radical (unpaired) electrons. The Labute approximate surface area is 99.1 Å². The number of halogens is 1. The number of nitrogens with two attached hydrogens (primary N) is 1. The summed E-state index contributed by atoms with van der Waals surface area (Å²) in [6.07, 6.45) is 1.63. The van der Waals surface area contributed by atoms with Crippen molar-refractivity contribution >= 4 is 5.69 Å². The van der Waals surface area contributed by atoms with Crippen molar-refractivity contribution in [1.29, 1.82) is 0 Å². The molecule has 0 saturated heterocycles. The van der Waals surface area contributed by atoms with E-state index in [1.54, 1.807) is 37.4 Å². The van der Waals surface area contributed by atoms with Gasteiger partial charge in [-0.15, -0.1) is 0 Å². The zero-order valence-electron chi connectivity index (χ0n) is 9.48. The first-order valence-corrected chi connectivity index (χ1v) is 5.24. The van der Waals surface area contributed by atoms with Gasteiger partial charge in [-0.05, 0) is 42.8 Å². The highest BCUT2D eigenvalue weighted by atomic mass is 19.1. The summed E-state index contributed by atoms with van der Waals surface area (Å²) in [5.41, 5.74) is 7.57. The van der Waals surface area contributed by atoms with Crippen molar-refractivity contribution in [3.8, 4) is 5.75 Å². The standard InChI is InChI=1S/C13H13FN2O/c1-9-6-12(2-3-13(9)14)17-8-11-7-10(15)4-5-16-11/h2-7H,8H2,1H3,(H2,15,16). The van der Waals surface area contributed by atoms with Gasteiger partial charge in [0.15, 0.2) is 0 Å². The summed E-state index contributed by atoms with van der Waals surface area (Å²) >= 11 is 0. The predicted molar refractivity (Wildman–Crippen MR) is 64.1 cm³/mol. The number of aromatic nitrogens is 1. The van der Waals surface area contributed by atoms with Crippen LogP contribution in [-0.2, 0) is 6.61 Å². The zero-order valence-corrected chi connectivity index (χ0v) is 9.48. The van der Waals surface area contributed by atoms with Crippen molar-refractivity contribution in [1.82, 2.24) is 4.98 Å². The van der Waals surface area contributed by atoms with Gasteiger partial charge >= 0.3 is 0 Å². The molecule has 0 bridgehead atoms. The monoisotopic (exact) mass is 232 g/mol. The van der Waals surface area contributed by atoms with E-state index in [9.17, 15) is 4.39 Å². The molecule has 3 nitrogen and oxygen atoms in total. The molecule has 1 heterocycles. The smallest absolute Gasteiger partial charge is 0.130 e. The fraction of sp³-hybridized carbons (Fsp3) is 0.154. The van der Waals surface area contributed by atoms with Gasteiger partial charge in [0, 0.05) is 11.9 Å². The Bertz CT molecular complexity index is 529. The molecule has 0 aliphatic heterocycles. The van der Waals surface area contributed by atoms with Crippen LogP contribution < -0.4 is 10.5 Å². The number of pyridine rings is 1. The number of nitrogen functional groups attached to an aromatic ring is 1. The van der Waals surface area contributed by atoms with Gasteiger partial charge in [-0.3, -0.25) is 4.98 Å². The third-order valence-corrected chi connectivity index (χ3v) is 2.36. The molecule has 0 fully saturated rings. The first kappa shape index (κ1) is 11.4. The van der Waals surface area contributed by atoms with Gasteiger partial charge < -0.3 is 10.5 Å². The minimum atomic E-state index is -0.237. The van der Waals surface area contributed by atoms with E-state index in [1.165, 1.54) is 6.07 Å². The Hall–Kier alpha value is -2.10. The second-order valence-corrected chi connectivity index (χ2v) is 3.78. The van der Waals surface area contributed by atoms with Gasteiger partial charge in [-0.1, -0.05) is 0 Å². The fourth-order valence-electron chi connectivity index (χ4n) is 1.44. The average Bonchev–Trinajstić information content (AvgIpc) is 2.31. The summed E-state index contributed by atoms with van der Waals surface area (Å²) in [4.78, 5) is 4.12. The number of ether oxygens (including phenoxy) is 1. The normalized spacial score (nSPS) is 10.2. The molecule has 2 aromatic rings. The molecule has 1 aromatic heterocycles. The lowest BCUT2D eigenvalue weighted by Crippen LogP contribution is -1.99. The second kappa shape index (κ2) is 4.82. The third-order valence-electron chi connectivity index (χ3n) is 2.36. The first-order chi connectivity index (χ1) is 8.15. The largest absolute Gasteiger partial charge is 0.487 e. The average molecular weight is 232 g/mol. The van der Waals surface area contributed by atoms with Crippen molar-refractivity contribution in [3.63, 3.8) is 0 Å². The van der Waals surface area contributed by atoms with Crippen LogP contribution in [0.25, 0.3) is 0 Å². The minimum absolute atomic E-state index is 0.237. The summed E-state index contributed by atoms with van der Waals surface area (Å²) in [5.74, 6) is 0.382. The van der Waals surface area contributed by atoms with E-state index in [0.29, 0.717) is 23.6 Å². The highest BCUT2D eigenvalue weighted by molar-refractivity contribution is 5.37. The van der Waals surface area contributed by atoms with Gasteiger partial charge in [-0.2, -0.15) is 0 Å². The zero-order chi connectivity index (χ0) is 12.3. The van der Waals surface area contributed by atoms with Crippen molar-refractivity contribution in [2.75, 3.05) is 5.73 Å². The quantitative estimate of drug-likeness (QED) is 0.885. The summed E-state index contributed by atoms with van der Waals surface area (Å²) in [6, 6.07) is 8.09. The minimum Gasteiger partial charge on any atom is -0.487 e. The fourth-order valence-corrected chi connectivity index (χ4v) is 1.44. The Balaban J connectivity index is 2.05. The van der Waals surface area contributed by atoms with Crippen LogP contribution in [0.4, 0.5) is 10.1 Å². The Morgan fingerprint density at radius 1 is 1.29 bits per heavy atom. The first-order valence-electron chi connectivity index (χ1n) is 5.24. The molecule has 0 unspecified atom stereocenters.